The van der Waals surface area contributed by atoms with Crippen molar-refractivity contribution in [3.8, 4) is 5.75 Å². The lowest BCUT2D eigenvalue weighted by molar-refractivity contribution is 0.153. The average Bonchev–Trinajstić information content (AvgIpc) is 2.44. The maximum atomic E-state index is 13.7. The van der Waals surface area contributed by atoms with Crippen LogP contribution in [0.5, 0.6) is 5.75 Å². The van der Waals surface area contributed by atoms with E-state index in [0.29, 0.717) is 11.1 Å². The molecule has 10 heteroatoms. The molecule has 0 aliphatic carbocycles. The molecule has 0 bridgehead atoms. The van der Waals surface area contributed by atoms with Crippen molar-refractivity contribution in [2.45, 2.75) is 63.9 Å². The first-order valence-electron chi connectivity index (χ1n) is 7.98. The van der Waals surface area contributed by atoms with Gasteiger partial charge in [-0.25, -0.2) is 8.42 Å². The summed E-state index contributed by atoms with van der Waals surface area (Å²) in [4.78, 5) is 0. The fourth-order valence-corrected chi connectivity index (χ4v) is 3.88. The van der Waals surface area contributed by atoms with Gasteiger partial charge in [0.15, 0.2) is 10.1 Å². The Balaban J connectivity index is 3.72. The number of halogens is 2. The molecule has 0 fully saturated rings. The highest BCUT2D eigenvalue weighted by Crippen LogP contribution is 2.40. The van der Waals surface area contributed by atoms with Gasteiger partial charge in [0.05, 0.1) is 0 Å². The first-order valence-corrected chi connectivity index (χ1v) is 10.8. The van der Waals surface area contributed by atoms with Crippen LogP contribution in [0.4, 0.5) is 8.78 Å². The van der Waals surface area contributed by atoms with Crippen molar-refractivity contribution in [2.75, 3.05) is 0 Å². The Morgan fingerprint density at radius 1 is 0.885 bits per heavy atom. The molecule has 0 N–H and O–H groups in total. The summed E-state index contributed by atoms with van der Waals surface area (Å²) < 4.78 is 82.2. The molecule has 0 heterocycles. The minimum Gasteiger partial charge on any atom is -0.742 e. The Hall–Kier alpha value is -1.26. The van der Waals surface area contributed by atoms with Crippen LogP contribution in [0.3, 0.4) is 0 Å². The normalized spacial score (nSPS) is 13.7. The van der Waals surface area contributed by atoms with Gasteiger partial charge in [-0.1, -0.05) is 53.7 Å². The number of benzene rings is 1. The quantitative estimate of drug-likeness (QED) is 0.497. The van der Waals surface area contributed by atoms with E-state index >= 15 is 0 Å². The monoisotopic (exact) mass is 413 g/mol. The van der Waals surface area contributed by atoms with Crippen molar-refractivity contribution in [3.05, 3.63) is 28.8 Å². The van der Waals surface area contributed by atoms with Crippen LogP contribution in [0.1, 0.15) is 76.0 Å². The van der Waals surface area contributed by atoms with E-state index in [9.17, 15) is 30.2 Å². The molecular weight excluding hydrogens is 390 g/mol. The topological polar surface area (TPSA) is 101 Å². The van der Waals surface area contributed by atoms with Crippen LogP contribution in [-0.4, -0.2) is 26.0 Å². The molecule has 0 saturated carbocycles. The second kappa shape index (κ2) is 7.40. The van der Waals surface area contributed by atoms with Gasteiger partial charge < -0.3 is 8.74 Å². The van der Waals surface area contributed by atoms with Crippen LogP contribution in [0.25, 0.3) is 0 Å². The Kier molecular flexibility index (Phi) is 6.48. The van der Waals surface area contributed by atoms with Crippen molar-refractivity contribution in [1.29, 1.82) is 0 Å². The maximum Gasteiger partial charge on any atom is 0.470 e. The first kappa shape index (κ1) is 22.8. The van der Waals surface area contributed by atoms with E-state index in [0.717, 1.165) is 5.56 Å². The van der Waals surface area contributed by atoms with Crippen molar-refractivity contribution in [2.24, 2.45) is 0 Å². The van der Waals surface area contributed by atoms with E-state index in [4.69, 9.17) is 0 Å². The highest BCUT2D eigenvalue weighted by Gasteiger charge is 2.55. The molecule has 1 rings (SSSR count). The Labute approximate surface area is 153 Å². The first-order chi connectivity index (χ1) is 11.5. The van der Waals surface area contributed by atoms with Crippen molar-refractivity contribution < 1.29 is 34.4 Å². The highest BCUT2D eigenvalue weighted by molar-refractivity contribution is 8.05. The lowest BCUT2D eigenvalue weighted by Crippen LogP contribution is -2.40. The number of rotatable bonds is 7. The third-order valence-electron chi connectivity index (χ3n) is 3.85. The molecule has 150 valence electrons. The average molecular weight is 413 g/mol. The van der Waals surface area contributed by atoms with Gasteiger partial charge in [-0.05, 0) is 34.4 Å². The molecule has 1 aromatic carbocycles. The second-order valence-electron chi connectivity index (χ2n) is 6.95. The zero-order valence-corrected chi connectivity index (χ0v) is 17.0. The van der Waals surface area contributed by atoms with Gasteiger partial charge in [0.1, 0.15) is 5.75 Å². The number of hydrogen-bond acceptors (Lipinski definition) is 6. The zero-order chi connectivity index (χ0) is 20.7. The van der Waals surface area contributed by atoms with Crippen molar-refractivity contribution >= 4 is 20.2 Å². The van der Waals surface area contributed by atoms with E-state index < -0.39 is 24.8 Å². The van der Waals surface area contributed by atoms with E-state index in [1.807, 2.05) is 13.8 Å². The summed E-state index contributed by atoms with van der Waals surface area (Å²) in [7, 11) is -12.5. The molecule has 0 aliphatic heterocycles. The van der Waals surface area contributed by atoms with E-state index in [2.05, 4.69) is 4.18 Å². The van der Waals surface area contributed by atoms with Gasteiger partial charge in [0, 0.05) is 0 Å². The molecule has 0 amide bonds. The van der Waals surface area contributed by atoms with Gasteiger partial charge in [-0.2, -0.15) is 17.2 Å². The predicted octanol–water partition coefficient (Wildman–Crippen LogP) is 3.86. The molecule has 0 saturated heterocycles. The Morgan fingerprint density at radius 3 is 1.54 bits per heavy atom. The largest absolute Gasteiger partial charge is 0.742 e. The summed E-state index contributed by atoms with van der Waals surface area (Å²) in [5.74, 6) is -0.871. The van der Waals surface area contributed by atoms with Gasteiger partial charge in [-0.15, -0.1) is 0 Å². The molecule has 0 aliphatic rings. The molecule has 0 spiro atoms. The SMILES string of the molecule is CC(C)c1cc(C(C)C)c(OS(=O)(=O)C(F)(F)S(=O)(=O)[O-])c(C(C)C)c1. The summed E-state index contributed by atoms with van der Waals surface area (Å²) in [5.41, 5.74) is 1.52. The summed E-state index contributed by atoms with van der Waals surface area (Å²) in [5, 5.41) is 0. The maximum absolute atomic E-state index is 13.7. The van der Waals surface area contributed by atoms with Crippen molar-refractivity contribution in [3.63, 3.8) is 0 Å². The Morgan fingerprint density at radius 2 is 1.27 bits per heavy atom. The van der Waals surface area contributed by atoms with E-state index in [-0.39, 0.29) is 23.5 Å². The molecule has 0 aromatic heterocycles. The lowest BCUT2D eigenvalue weighted by atomic mass is 9.88. The molecule has 0 atom stereocenters. The number of alkyl halides is 2. The predicted molar refractivity (Wildman–Crippen MR) is 92.9 cm³/mol. The van der Waals surface area contributed by atoms with Crippen LogP contribution in [-0.2, 0) is 20.2 Å². The van der Waals surface area contributed by atoms with Crippen LogP contribution >= 0.6 is 0 Å². The Bertz CT molecular complexity index is 843. The summed E-state index contributed by atoms with van der Waals surface area (Å²) in [6.07, 6.45) is 0. The van der Waals surface area contributed by atoms with Gasteiger partial charge in [0.2, 0.25) is 0 Å². The highest BCUT2D eigenvalue weighted by atomic mass is 32.3. The van der Waals surface area contributed by atoms with E-state index in [1.165, 1.54) is 0 Å². The summed E-state index contributed by atoms with van der Waals surface area (Å²) in [6, 6.07) is 3.27. The van der Waals surface area contributed by atoms with Gasteiger partial charge in [0.25, 0.3) is 0 Å². The fourth-order valence-electron chi connectivity index (χ4n) is 2.27. The molecule has 1 aromatic rings. The minimum absolute atomic E-state index is 0.0825. The smallest absolute Gasteiger partial charge is 0.470 e. The van der Waals surface area contributed by atoms with Crippen LogP contribution in [0.2, 0.25) is 0 Å². The number of hydrogen-bond donors (Lipinski definition) is 0. The molecular formula is C16H23F2O6S2-. The van der Waals surface area contributed by atoms with Crippen molar-refractivity contribution in [1.82, 2.24) is 0 Å². The molecule has 0 unspecified atom stereocenters. The summed E-state index contributed by atoms with van der Waals surface area (Å²) >= 11 is 0. The van der Waals surface area contributed by atoms with Gasteiger partial charge in [-0.3, -0.25) is 0 Å². The zero-order valence-electron chi connectivity index (χ0n) is 15.4. The van der Waals surface area contributed by atoms with E-state index in [1.54, 1.807) is 39.8 Å². The minimum atomic E-state index is -6.46. The summed E-state index contributed by atoms with van der Waals surface area (Å²) in [6.45, 7) is 10.7. The van der Waals surface area contributed by atoms with Gasteiger partial charge >= 0.3 is 14.7 Å². The lowest BCUT2D eigenvalue weighted by Gasteiger charge is -2.25. The fraction of sp³-hybridized carbons (Fsp3) is 0.625. The molecule has 26 heavy (non-hydrogen) atoms. The molecule has 0 radical (unpaired) electrons. The second-order valence-corrected chi connectivity index (χ2v) is 10.2. The van der Waals surface area contributed by atoms with Crippen LogP contribution < -0.4 is 4.18 Å². The standard InChI is InChI=1S/C16H24F2O6S2/c1-9(2)12-7-13(10(3)4)15(14(8-12)11(5)6)24-26(22,23)16(17,18)25(19,20)21/h7-11H,1-6H3,(H,19,20,21)/p-1. The van der Waals surface area contributed by atoms with Crippen LogP contribution in [0, 0.1) is 0 Å². The van der Waals surface area contributed by atoms with Crippen LogP contribution in [0.15, 0.2) is 12.1 Å². The third-order valence-corrected chi connectivity index (χ3v) is 6.63. The molecule has 6 nitrogen and oxygen atoms in total. The third kappa shape index (κ3) is 4.34.